The molecule has 0 saturated heterocycles. The molecule has 1 aromatic rings. The van der Waals surface area contributed by atoms with E-state index in [-0.39, 0.29) is 10.7 Å². The number of halogens is 1. The lowest BCUT2D eigenvalue weighted by molar-refractivity contribution is -0.116. The van der Waals surface area contributed by atoms with E-state index in [9.17, 15) is 4.79 Å². The van der Waals surface area contributed by atoms with Crippen LogP contribution in [-0.2, 0) is 4.79 Å². The molecule has 0 spiro atoms. The van der Waals surface area contributed by atoms with Gasteiger partial charge in [0.15, 0.2) is 5.96 Å². The Kier molecular flexibility index (Phi) is 9.14. The third-order valence-electron chi connectivity index (χ3n) is 3.56. The van der Waals surface area contributed by atoms with E-state index in [1.165, 1.54) is 0 Å². The van der Waals surface area contributed by atoms with Gasteiger partial charge in [-0.15, -0.1) is 0 Å². The zero-order chi connectivity index (χ0) is 18.9. The number of hydrogen-bond acceptors (Lipinski definition) is 3. The number of nitrogens with one attached hydrogen (secondary N) is 3. The van der Waals surface area contributed by atoms with E-state index in [4.69, 9.17) is 11.6 Å². The first-order chi connectivity index (χ1) is 11.8. The molecule has 3 N–H and O–H groups in total. The highest BCUT2D eigenvalue weighted by atomic mass is 35.5. The van der Waals surface area contributed by atoms with Crippen LogP contribution in [0.4, 0.5) is 5.69 Å². The van der Waals surface area contributed by atoms with E-state index in [1.807, 2.05) is 32.0 Å². The maximum atomic E-state index is 12.1. The van der Waals surface area contributed by atoms with Crippen LogP contribution in [0.25, 0.3) is 0 Å². The van der Waals surface area contributed by atoms with Crippen molar-refractivity contribution < 1.29 is 4.79 Å². The first-order valence-electron chi connectivity index (χ1n) is 8.40. The van der Waals surface area contributed by atoms with E-state index in [0.29, 0.717) is 30.2 Å². The lowest BCUT2D eigenvalue weighted by Gasteiger charge is -2.20. The molecular formula is C18H29ClN4OS. The van der Waals surface area contributed by atoms with Crippen LogP contribution < -0.4 is 16.0 Å². The summed E-state index contributed by atoms with van der Waals surface area (Å²) in [7, 11) is 0. The predicted molar refractivity (Wildman–Crippen MR) is 111 cm³/mol. The van der Waals surface area contributed by atoms with Crippen LogP contribution in [0, 0.1) is 6.92 Å². The number of benzene rings is 1. The third kappa shape index (κ3) is 8.50. The summed E-state index contributed by atoms with van der Waals surface area (Å²) in [5.41, 5.74) is 1.70. The lowest BCUT2D eigenvalue weighted by atomic mass is 10.2. The first-order valence-corrected chi connectivity index (χ1v) is 10.0. The van der Waals surface area contributed by atoms with Gasteiger partial charge in [0, 0.05) is 24.3 Å². The molecule has 0 aromatic heterocycles. The first kappa shape index (κ1) is 21.6. The van der Waals surface area contributed by atoms with Gasteiger partial charge in [-0.25, -0.2) is 0 Å². The van der Waals surface area contributed by atoms with Crippen LogP contribution in [0.3, 0.4) is 0 Å². The van der Waals surface area contributed by atoms with Gasteiger partial charge in [0.05, 0.1) is 17.3 Å². The fraction of sp³-hybridized carbons (Fsp3) is 0.556. The van der Waals surface area contributed by atoms with Crippen molar-refractivity contribution >= 4 is 40.9 Å². The smallest absolute Gasteiger partial charge is 0.226 e. The molecule has 140 valence electrons. The zero-order valence-electron chi connectivity index (χ0n) is 15.7. The van der Waals surface area contributed by atoms with Crippen molar-refractivity contribution in [3.05, 3.63) is 28.8 Å². The third-order valence-corrected chi connectivity index (χ3v) is 5.10. The average Bonchev–Trinajstić information content (AvgIpc) is 2.55. The van der Waals surface area contributed by atoms with Crippen molar-refractivity contribution in [2.45, 2.75) is 38.9 Å². The van der Waals surface area contributed by atoms with Gasteiger partial charge in [-0.1, -0.05) is 17.7 Å². The summed E-state index contributed by atoms with van der Waals surface area (Å²) < 4.78 is 0.0852. The molecule has 0 aliphatic heterocycles. The monoisotopic (exact) mass is 384 g/mol. The van der Waals surface area contributed by atoms with Gasteiger partial charge < -0.3 is 16.0 Å². The molecule has 0 aliphatic rings. The number of thioether (sulfide) groups is 1. The fourth-order valence-electron chi connectivity index (χ4n) is 1.90. The van der Waals surface area contributed by atoms with Gasteiger partial charge in [-0.05, 0) is 51.6 Å². The van der Waals surface area contributed by atoms with Crippen molar-refractivity contribution in [3.63, 3.8) is 0 Å². The Bertz CT molecular complexity index is 605. The average molecular weight is 385 g/mol. The van der Waals surface area contributed by atoms with E-state index in [1.54, 1.807) is 11.8 Å². The SMILES string of the molecule is CCNC(=NCC(C)(C)SC)NCCC(=O)Nc1ccc(C)cc1Cl. The lowest BCUT2D eigenvalue weighted by Crippen LogP contribution is -2.39. The summed E-state index contributed by atoms with van der Waals surface area (Å²) in [5.74, 6) is 0.643. The van der Waals surface area contributed by atoms with Gasteiger partial charge in [-0.2, -0.15) is 11.8 Å². The standard InChI is InChI=1S/C18H29ClN4OS/c1-6-20-17(22-12-18(3,4)25-5)21-10-9-16(24)23-15-8-7-13(2)11-14(15)19/h7-8,11H,6,9-10,12H2,1-5H3,(H,23,24)(H2,20,21,22). The molecule has 0 aliphatic carbocycles. The topological polar surface area (TPSA) is 65.5 Å². The molecule has 0 fully saturated rings. The van der Waals surface area contributed by atoms with Crippen LogP contribution in [0.15, 0.2) is 23.2 Å². The number of carbonyl (C=O) groups excluding carboxylic acids is 1. The Morgan fingerprint density at radius 1 is 1.32 bits per heavy atom. The number of anilines is 1. The summed E-state index contributed by atoms with van der Waals surface area (Å²) in [4.78, 5) is 16.7. The number of hydrogen-bond donors (Lipinski definition) is 3. The van der Waals surface area contributed by atoms with Gasteiger partial charge in [-0.3, -0.25) is 9.79 Å². The molecule has 1 aromatic carbocycles. The highest BCUT2D eigenvalue weighted by molar-refractivity contribution is 7.99. The highest BCUT2D eigenvalue weighted by Gasteiger charge is 2.15. The zero-order valence-corrected chi connectivity index (χ0v) is 17.3. The second-order valence-corrected chi connectivity index (χ2v) is 8.29. The van der Waals surface area contributed by atoms with E-state index in [0.717, 1.165) is 18.1 Å². The van der Waals surface area contributed by atoms with Crippen molar-refractivity contribution in [2.24, 2.45) is 4.99 Å². The fourth-order valence-corrected chi connectivity index (χ4v) is 2.38. The summed E-state index contributed by atoms with van der Waals surface area (Å²) in [6, 6.07) is 5.57. The molecule has 0 atom stereocenters. The maximum Gasteiger partial charge on any atom is 0.226 e. The quantitative estimate of drug-likeness (QED) is 0.472. The molecular weight excluding hydrogens is 356 g/mol. The Balaban J connectivity index is 2.49. The molecule has 0 saturated carbocycles. The minimum Gasteiger partial charge on any atom is -0.357 e. The van der Waals surface area contributed by atoms with Crippen molar-refractivity contribution in [1.82, 2.24) is 10.6 Å². The number of aliphatic imine (C=N–C) groups is 1. The second kappa shape index (κ2) is 10.6. The Morgan fingerprint density at radius 3 is 2.64 bits per heavy atom. The molecule has 0 unspecified atom stereocenters. The molecule has 1 amide bonds. The molecule has 1 rings (SSSR count). The minimum atomic E-state index is -0.0847. The summed E-state index contributed by atoms with van der Waals surface area (Å²) in [5, 5.41) is 9.77. The van der Waals surface area contributed by atoms with Gasteiger partial charge in [0.2, 0.25) is 5.91 Å². The van der Waals surface area contributed by atoms with Crippen molar-refractivity contribution in [2.75, 3.05) is 31.2 Å². The van der Waals surface area contributed by atoms with Crippen LogP contribution in [0.2, 0.25) is 5.02 Å². The number of amides is 1. The van der Waals surface area contributed by atoms with Gasteiger partial charge in [0.1, 0.15) is 0 Å². The Morgan fingerprint density at radius 2 is 2.04 bits per heavy atom. The maximum absolute atomic E-state index is 12.1. The Labute approximate surface area is 160 Å². The molecule has 25 heavy (non-hydrogen) atoms. The number of carbonyl (C=O) groups is 1. The molecule has 0 heterocycles. The van der Waals surface area contributed by atoms with Crippen LogP contribution in [0.1, 0.15) is 32.8 Å². The van der Waals surface area contributed by atoms with Crippen LogP contribution in [0.5, 0.6) is 0 Å². The number of aryl methyl sites for hydroxylation is 1. The molecule has 0 bridgehead atoms. The Hall–Kier alpha value is -1.40. The van der Waals surface area contributed by atoms with E-state index >= 15 is 0 Å². The summed E-state index contributed by atoms with van der Waals surface area (Å²) >= 11 is 7.92. The molecule has 7 heteroatoms. The largest absolute Gasteiger partial charge is 0.357 e. The van der Waals surface area contributed by atoms with E-state index < -0.39 is 0 Å². The number of nitrogens with zero attached hydrogens (tertiary/aromatic N) is 1. The van der Waals surface area contributed by atoms with Gasteiger partial charge >= 0.3 is 0 Å². The number of rotatable bonds is 8. The molecule has 5 nitrogen and oxygen atoms in total. The van der Waals surface area contributed by atoms with E-state index in [2.05, 4.69) is 41.0 Å². The van der Waals surface area contributed by atoms with Crippen LogP contribution in [-0.4, -0.2) is 42.5 Å². The molecule has 0 radical (unpaired) electrons. The highest BCUT2D eigenvalue weighted by Crippen LogP contribution is 2.23. The van der Waals surface area contributed by atoms with Crippen molar-refractivity contribution in [3.8, 4) is 0 Å². The normalized spacial score (nSPS) is 12.0. The van der Waals surface area contributed by atoms with Crippen molar-refractivity contribution in [1.29, 1.82) is 0 Å². The minimum absolute atomic E-state index is 0.0847. The summed E-state index contributed by atoms with van der Waals surface area (Å²) in [6.07, 6.45) is 2.41. The number of guanidine groups is 1. The van der Waals surface area contributed by atoms with Gasteiger partial charge in [0.25, 0.3) is 0 Å². The van der Waals surface area contributed by atoms with Crippen LogP contribution >= 0.6 is 23.4 Å². The predicted octanol–water partition coefficient (Wildman–Crippen LogP) is 3.67. The second-order valence-electron chi connectivity index (χ2n) is 6.37. The summed E-state index contributed by atoms with van der Waals surface area (Å²) in [6.45, 7) is 10.3.